The van der Waals surface area contributed by atoms with Gasteiger partial charge in [-0.1, -0.05) is 44.6 Å². The zero-order valence-electron chi connectivity index (χ0n) is 41.7. The molecular formula is C52H64N10O9Si. The first kappa shape index (κ1) is 50.1. The van der Waals surface area contributed by atoms with Gasteiger partial charge in [-0.05, 0) is 107 Å². The van der Waals surface area contributed by atoms with E-state index in [-0.39, 0.29) is 25.4 Å². The standard InChI is InChI=1S/C29H39N5O5Si.C23H25N5O4/c1-20-15-25(38-18-29(27(35)36)11-6-12-29)31-17-23(20)21-9-10-24(30-16-21)26-32-28(39-22-7-5-8-22)34(33-26)19-37-13-14-40(2,3)4;1-14-10-19(31-13-23(21(29)30)8-3-9-23)25-12-17(14)15-6-7-18(24-11-15)20-26-22(28-27-20)32-16-4-2-5-16/h9-10,15-17,22H,5-8,11-14,18-19H2,1-4H3,(H,35,36);6-7,10-12,16H,2-5,8-9,13H2,1H3,(H,29,30)(H,26,27,28). The van der Waals surface area contributed by atoms with Crippen molar-refractivity contribution in [2.75, 3.05) is 19.8 Å². The van der Waals surface area contributed by atoms with E-state index in [1.807, 2.05) is 50.2 Å². The summed E-state index contributed by atoms with van der Waals surface area (Å²) in [7, 11) is -1.18. The van der Waals surface area contributed by atoms with Gasteiger partial charge in [0.25, 0.3) is 0 Å². The van der Waals surface area contributed by atoms with E-state index in [1.165, 1.54) is 12.8 Å². The Balaban J connectivity index is 0.000000182. The molecule has 6 heterocycles. The van der Waals surface area contributed by atoms with E-state index in [2.05, 4.69) is 64.8 Å². The van der Waals surface area contributed by atoms with Gasteiger partial charge in [0.2, 0.25) is 17.6 Å². The maximum Gasteiger partial charge on any atom is 0.336 e. The largest absolute Gasteiger partial charge is 0.481 e. The van der Waals surface area contributed by atoms with E-state index in [0.29, 0.717) is 85.8 Å². The van der Waals surface area contributed by atoms with Crippen LogP contribution in [0, 0.1) is 24.7 Å². The first-order valence-corrected chi connectivity index (χ1v) is 28.7. The van der Waals surface area contributed by atoms with Crippen LogP contribution in [-0.4, -0.2) is 112 Å². The van der Waals surface area contributed by atoms with Crippen LogP contribution >= 0.6 is 0 Å². The lowest BCUT2D eigenvalue weighted by Crippen LogP contribution is -2.43. The van der Waals surface area contributed by atoms with Crippen LogP contribution in [0.3, 0.4) is 0 Å². The molecule has 6 aromatic heterocycles. The normalized spacial score (nSPS) is 17.0. The van der Waals surface area contributed by atoms with Crippen molar-refractivity contribution in [1.29, 1.82) is 0 Å². The molecule has 20 heteroatoms. The summed E-state index contributed by atoms with van der Waals surface area (Å²) in [5.41, 5.74) is 5.38. The van der Waals surface area contributed by atoms with Crippen LogP contribution in [0.25, 0.3) is 45.3 Å². The molecule has 0 amide bonds. The van der Waals surface area contributed by atoms with Crippen molar-refractivity contribution in [3.8, 4) is 69.1 Å². The molecule has 0 unspecified atom stereocenters. The monoisotopic (exact) mass is 1000 g/mol. The van der Waals surface area contributed by atoms with Gasteiger partial charge in [0.15, 0.2) is 5.82 Å². The number of pyridine rings is 4. The highest BCUT2D eigenvalue weighted by atomic mass is 28.3. The molecule has 0 aromatic carbocycles. The van der Waals surface area contributed by atoms with Gasteiger partial charge < -0.3 is 33.9 Å². The Hall–Kier alpha value is -6.80. The molecule has 380 valence electrons. The number of H-pyrrole nitrogens is 1. The van der Waals surface area contributed by atoms with Gasteiger partial charge in [-0.25, -0.2) is 9.97 Å². The molecule has 4 saturated carbocycles. The summed E-state index contributed by atoms with van der Waals surface area (Å²) in [5, 5.41) is 30.6. The molecule has 72 heavy (non-hydrogen) atoms. The molecule has 0 spiro atoms. The van der Waals surface area contributed by atoms with Gasteiger partial charge >= 0.3 is 24.0 Å². The number of nitrogens with zero attached hydrogens (tertiary/aromatic N) is 9. The predicted octanol–water partition coefficient (Wildman–Crippen LogP) is 9.39. The summed E-state index contributed by atoms with van der Waals surface area (Å²) in [6, 6.07) is 13.3. The highest BCUT2D eigenvalue weighted by Crippen LogP contribution is 2.43. The third kappa shape index (κ3) is 11.8. The van der Waals surface area contributed by atoms with Crippen LogP contribution in [0.15, 0.2) is 61.2 Å². The number of aromatic nitrogens is 10. The van der Waals surface area contributed by atoms with Crippen molar-refractivity contribution in [2.24, 2.45) is 10.8 Å². The zero-order valence-corrected chi connectivity index (χ0v) is 42.7. The molecule has 3 N–H and O–H groups in total. The summed E-state index contributed by atoms with van der Waals surface area (Å²) in [4.78, 5) is 50.1. The number of aromatic amines is 1. The Morgan fingerprint density at radius 1 is 0.708 bits per heavy atom. The number of rotatable bonds is 21. The van der Waals surface area contributed by atoms with E-state index in [1.54, 1.807) is 29.5 Å². The van der Waals surface area contributed by atoms with Gasteiger partial charge in [-0.2, -0.15) is 14.6 Å². The molecule has 19 nitrogen and oxygen atoms in total. The number of ether oxygens (including phenoxy) is 5. The maximum absolute atomic E-state index is 11.6. The smallest absolute Gasteiger partial charge is 0.336 e. The third-order valence-electron chi connectivity index (χ3n) is 14.3. The van der Waals surface area contributed by atoms with Crippen LogP contribution in [0.5, 0.6) is 23.8 Å². The average Bonchev–Trinajstić information content (AvgIpc) is 3.94. The second kappa shape index (κ2) is 21.5. The van der Waals surface area contributed by atoms with Gasteiger partial charge in [0, 0.05) is 73.9 Å². The second-order valence-corrected chi connectivity index (χ2v) is 26.5. The number of hydrogen-bond acceptors (Lipinski definition) is 15. The van der Waals surface area contributed by atoms with Crippen LogP contribution in [0.2, 0.25) is 25.7 Å². The van der Waals surface area contributed by atoms with E-state index >= 15 is 0 Å². The minimum atomic E-state index is -1.18. The Bertz CT molecular complexity index is 2830. The second-order valence-electron chi connectivity index (χ2n) is 20.9. The van der Waals surface area contributed by atoms with Crippen LogP contribution in [0.1, 0.15) is 88.2 Å². The summed E-state index contributed by atoms with van der Waals surface area (Å²) in [5.74, 6) is 0.332. The highest BCUT2D eigenvalue weighted by Gasteiger charge is 2.46. The van der Waals surface area contributed by atoms with E-state index in [4.69, 9.17) is 23.7 Å². The maximum atomic E-state index is 11.6. The lowest BCUT2D eigenvalue weighted by atomic mass is 9.69. The lowest BCUT2D eigenvalue weighted by Gasteiger charge is -2.36. The molecule has 10 rings (SSSR count). The summed E-state index contributed by atoms with van der Waals surface area (Å²) >= 11 is 0. The Kier molecular flexibility index (Phi) is 15.0. The molecule has 6 aromatic rings. The number of carbonyl (C=O) groups is 2. The number of hydrogen-bond donors (Lipinski definition) is 3. The summed E-state index contributed by atoms with van der Waals surface area (Å²) < 4.78 is 30.9. The molecule has 4 aliphatic carbocycles. The van der Waals surface area contributed by atoms with Gasteiger partial charge in [-0.15, -0.1) is 10.2 Å². The highest BCUT2D eigenvalue weighted by molar-refractivity contribution is 6.76. The molecule has 0 saturated heterocycles. The van der Waals surface area contributed by atoms with Crippen molar-refractivity contribution < 1.29 is 43.5 Å². The molecule has 0 bridgehead atoms. The van der Waals surface area contributed by atoms with Crippen molar-refractivity contribution in [3.05, 3.63) is 72.3 Å². The number of nitrogens with one attached hydrogen (secondary N) is 1. The minimum absolute atomic E-state index is 0.139. The van der Waals surface area contributed by atoms with E-state index < -0.39 is 30.8 Å². The SMILES string of the molecule is Cc1cc(OCC2(C(=O)O)CCC2)ncc1-c1ccc(-c2nc(OC3CCC3)n(COCC[Si](C)(C)C)n2)nc1.Cc1cc(OCC2(C(=O)O)CCC2)ncc1-c1ccc(-c2nc(OC3CCC3)n[nH]2)nc1. The van der Waals surface area contributed by atoms with Crippen molar-refractivity contribution in [1.82, 2.24) is 49.9 Å². The number of aryl methyl sites for hydroxylation is 2. The Labute approximate surface area is 419 Å². The van der Waals surface area contributed by atoms with Crippen LogP contribution < -0.4 is 18.9 Å². The van der Waals surface area contributed by atoms with Gasteiger partial charge in [-0.3, -0.25) is 24.7 Å². The molecule has 4 aliphatic rings. The molecule has 4 fully saturated rings. The zero-order chi connectivity index (χ0) is 50.5. The van der Waals surface area contributed by atoms with Gasteiger partial charge in [0.05, 0.1) is 0 Å². The van der Waals surface area contributed by atoms with Crippen molar-refractivity contribution >= 4 is 20.0 Å². The average molecular weight is 1000 g/mol. The third-order valence-corrected chi connectivity index (χ3v) is 16.0. The van der Waals surface area contributed by atoms with E-state index in [0.717, 1.165) is 77.9 Å². The number of carboxylic acids is 2. The topological polar surface area (TPSA) is 245 Å². The molecule has 0 aliphatic heterocycles. The van der Waals surface area contributed by atoms with Crippen LogP contribution in [0.4, 0.5) is 0 Å². The minimum Gasteiger partial charge on any atom is -0.481 e. The molecule has 0 radical (unpaired) electrons. The Morgan fingerprint density at radius 3 is 1.69 bits per heavy atom. The Morgan fingerprint density at radius 2 is 1.25 bits per heavy atom. The first-order chi connectivity index (χ1) is 34.6. The van der Waals surface area contributed by atoms with Crippen molar-refractivity contribution in [3.63, 3.8) is 0 Å². The number of carboxylic acid groups (broad SMARTS) is 2. The first-order valence-electron chi connectivity index (χ1n) is 25.0. The fourth-order valence-corrected chi connectivity index (χ4v) is 9.26. The van der Waals surface area contributed by atoms with E-state index in [9.17, 15) is 19.8 Å². The molecular weight excluding hydrogens is 937 g/mol. The quantitative estimate of drug-likeness (QED) is 0.0449. The fourth-order valence-electron chi connectivity index (χ4n) is 8.50. The lowest BCUT2D eigenvalue weighted by molar-refractivity contribution is -0.158. The summed E-state index contributed by atoms with van der Waals surface area (Å²) in [6.07, 6.45) is 18.4. The van der Waals surface area contributed by atoms with Crippen LogP contribution in [-0.2, 0) is 21.1 Å². The van der Waals surface area contributed by atoms with Gasteiger partial charge in [0.1, 0.15) is 54.4 Å². The predicted molar refractivity (Wildman–Crippen MR) is 268 cm³/mol. The van der Waals surface area contributed by atoms with Crippen molar-refractivity contribution in [2.45, 2.75) is 136 Å². The summed E-state index contributed by atoms with van der Waals surface area (Å²) in [6.45, 7) is 12.2. The molecule has 0 atom stereocenters. The number of aliphatic carboxylic acids is 2. The fraction of sp³-hybridized carbons (Fsp3) is 0.500.